The molecule has 0 aliphatic carbocycles. The molecule has 0 bridgehead atoms. The molecule has 19 heavy (non-hydrogen) atoms. The number of nitrogens with one attached hydrogen (secondary N) is 1. The van der Waals surface area contributed by atoms with E-state index in [0.29, 0.717) is 12.6 Å². The zero-order valence-corrected chi connectivity index (χ0v) is 11.4. The lowest BCUT2D eigenvalue weighted by Gasteiger charge is -2.42. The van der Waals surface area contributed by atoms with Crippen molar-refractivity contribution >= 4 is 17.3 Å². The van der Waals surface area contributed by atoms with Gasteiger partial charge in [0.2, 0.25) is 5.91 Å². The molecule has 0 radical (unpaired) electrons. The van der Waals surface area contributed by atoms with E-state index >= 15 is 0 Å². The minimum Gasteiger partial charge on any atom is -0.356 e. The third-order valence-corrected chi connectivity index (χ3v) is 5.16. The molecule has 3 aliphatic heterocycles. The van der Waals surface area contributed by atoms with Crippen molar-refractivity contribution in [2.45, 2.75) is 24.8 Å². The number of carbonyl (C=O) groups is 1. The first-order valence-corrected chi connectivity index (χ1v) is 7.00. The fourth-order valence-corrected chi connectivity index (χ4v) is 4.09. The Hall–Kier alpha value is -1.55. The molecular formula is C15H19N3O. The van der Waals surface area contributed by atoms with E-state index in [9.17, 15) is 4.79 Å². The van der Waals surface area contributed by atoms with Gasteiger partial charge in [-0.1, -0.05) is 19.1 Å². The Morgan fingerprint density at radius 3 is 3.11 bits per heavy atom. The number of para-hydroxylation sites is 1. The van der Waals surface area contributed by atoms with Crippen molar-refractivity contribution < 1.29 is 4.79 Å². The Morgan fingerprint density at radius 2 is 2.26 bits per heavy atom. The number of rotatable bonds is 0. The predicted octanol–water partition coefficient (Wildman–Crippen LogP) is 1.10. The summed E-state index contributed by atoms with van der Waals surface area (Å²) in [6.45, 7) is 4.91. The van der Waals surface area contributed by atoms with Gasteiger partial charge in [-0.05, 0) is 24.6 Å². The summed E-state index contributed by atoms with van der Waals surface area (Å²) < 4.78 is 0. The quantitative estimate of drug-likeness (QED) is 0.756. The van der Waals surface area contributed by atoms with Gasteiger partial charge in [0.05, 0.1) is 17.9 Å². The molecule has 0 saturated carbocycles. The van der Waals surface area contributed by atoms with Gasteiger partial charge in [0.1, 0.15) is 0 Å². The van der Waals surface area contributed by atoms with Crippen molar-refractivity contribution in [3.8, 4) is 0 Å². The van der Waals surface area contributed by atoms with Gasteiger partial charge in [-0.25, -0.2) is 0 Å². The largest absolute Gasteiger partial charge is 0.356 e. The number of nitrogens with zero attached hydrogens (tertiary/aromatic N) is 2. The summed E-state index contributed by atoms with van der Waals surface area (Å²) in [5.41, 5.74) is 3.90. The van der Waals surface area contributed by atoms with Gasteiger partial charge in [0.15, 0.2) is 0 Å². The van der Waals surface area contributed by atoms with E-state index in [1.807, 2.05) is 11.9 Å². The Labute approximate surface area is 113 Å². The van der Waals surface area contributed by atoms with Crippen LogP contribution < -0.4 is 15.1 Å². The van der Waals surface area contributed by atoms with E-state index < -0.39 is 0 Å². The summed E-state index contributed by atoms with van der Waals surface area (Å²) in [6.07, 6.45) is 1.11. The van der Waals surface area contributed by atoms with Gasteiger partial charge in [0.25, 0.3) is 0 Å². The maximum Gasteiger partial charge on any atom is 0.246 e. The molecule has 3 aliphatic rings. The number of hydrogen-bond acceptors (Lipinski definition) is 3. The molecule has 2 unspecified atom stereocenters. The van der Waals surface area contributed by atoms with E-state index in [1.54, 1.807) is 0 Å². The van der Waals surface area contributed by atoms with Crippen LogP contribution in [0.3, 0.4) is 0 Å². The maximum absolute atomic E-state index is 12.2. The molecule has 0 spiro atoms. The molecule has 1 amide bonds. The van der Waals surface area contributed by atoms with Crippen molar-refractivity contribution in [3.63, 3.8) is 0 Å². The zero-order chi connectivity index (χ0) is 13.2. The highest BCUT2D eigenvalue weighted by Crippen LogP contribution is 2.52. The smallest absolute Gasteiger partial charge is 0.246 e. The normalized spacial score (nSPS) is 32.3. The molecule has 3 heterocycles. The van der Waals surface area contributed by atoms with Gasteiger partial charge in [-0.2, -0.15) is 0 Å². The summed E-state index contributed by atoms with van der Waals surface area (Å²) in [5.74, 6) is 0.201. The van der Waals surface area contributed by atoms with Crippen LogP contribution in [0, 0.1) is 0 Å². The van der Waals surface area contributed by atoms with E-state index in [1.165, 1.54) is 11.3 Å². The van der Waals surface area contributed by atoms with Gasteiger partial charge in [-0.3, -0.25) is 4.79 Å². The molecule has 1 saturated heterocycles. The third-order valence-electron chi connectivity index (χ3n) is 5.16. The van der Waals surface area contributed by atoms with Crippen LogP contribution in [0.4, 0.5) is 11.4 Å². The molecule has 1 aromatic rings. The van der Waals surface area contributed by atoms with Crippen molar-refractivity contribution in [1.29, 1.82) is 0 Å². The molecule has 1 fully saturated rings. The van der Waals surface area contributed by atoms with Crippen molar-refractivity contribution in [1.82, 2.24) is 5.32 Å². The summed E-state index contributed by atoms with van der Waals surface area (Å²) in [7, 11) is 1.89. The Morgan fingerprint density at radius 1 is 1.42 bits per heavy atom. The second-order valence-corrected chi connectivity index (χ2v) is 6.15. The van der Waals surface area contributed by atoms with E-state index in [-0.39, 0.29) is 11.3 Å². The van der Waals surface area contributed by atoms with Crippen LogP contribution >= 0.6 is 0 Å². The molecule has 1 N–H and O–H groups in total. The molecule has 1 aromatic carbocycles. The van der Waals surface area contributed by atoms with Gasteiger partial charge >= 0.3 is 0 Å². The average Bonchev–Trinajstić information content (AvgIpc) is 2.67. The van der Waals surface area contributed by atoms with Crippen LogP contribution in [0.5, 0.6) is 0 Å². The second-order valence-electron chi connectivity index (χ2n) is 6.15. The Balaban J connectivity index is 1.97. The fourth-order valence-electron chi connectivity index (χ4n) is 4.09. The predicted molar refractivity (Wildman–Crippen MR) is 75.8 cm³/mol. The standard InChI is InChI=1S/C15H19N3O/c1-15-9-16-7-6-12(15)18-8-13(19)17(2)11-5-3-4-10(15)14(11)18/h3-5,12,16H,6-9H2,1-2H3. The molecule has 4 nitrogen and oxygen atoms in total. The number of carbonyl (C=O) groups excluding carboxylic acids is 1. The van der Waals surface area contributed by atoms with Crippen molar-refractivity contribution in [2.24, 2.45) is 0 Å². The highest BCUT2D eigenvalue weighted by atomic mass is 16.2. The van der Waals surface area contributed by atoms with Gasteiger partial charge < -0.3 is 15.1 Å². The molecule has 4 rings (SSSR count). The number of amides is 1. The lowest BCUT2D eigenvalue weighted by molar-refractivity contribution is -0.117. The lowest BCUT2D eigenvalue weighted by Crippen LogP contribution is -2.56. The van der Waals surface area contributed by atoms with Crippen LogP contribution in [0.2, 0.25) is 0 Å². The van der Waals surface area contributed by atoms with Gasteiger partial charge in [-0.15, -0.1) is 0 Å². The van der Waals surface area contributed by atoms with Crippen LogP contribution in [0.15, 0.2) is 18.2 Å². The third kappa shape index (κ3) is 1.25. The van der Waals surface area contributed by atoms with Crippen LogP contribution in [-0.2, 0) is 10.2 Å². The fraction of sp³-hybridized carbons (Fsp3) is 0.533. The summed E-state index contributed by atoms with van der Waals surface area (Å²) in [5, 5.41) is 3.52. The van der Waals surface area contributed by atoms with Gasteiger partial charge in [0, 0.05) is 25.0 Å². The topological polar surface area (TPSA) is 35.6 Å². The number of benzene rings is 1. The average molecular weight is 257 g/mol. The van der Waals surface area contributed by atoms with E-state index in [4.69, 9.17) is 0 Å². The highest BCUT2D eigenvalue weighted by molar-refractivity contribution is 6.04. The highest BCUT2D eigenvalue weighted by Gasteiger charge is 2.51. The number of anilines is 2. The maximum atomic E-state index is 12.2. The van der Waals surface area contributed by atoms with Crippen LogP contribution in [-0.4, -0.2) is 38.6 Å². The molecule has 2 atom stereocenters. The molecule has 0 aromatic heterocycles. The monoisotopic (exact) mass is 257 g/mol. The summed E-state index contributed by atoms with van der Waals surface area (Å²) >= 11 is 0. The van der Waals surface area contributed by atoms with Crippen molar-refractivity contribution in [2.75, 3.05) is 36.5 Å². The number of likely N-dealkylation sites (N-methyl/N-ethyl adjacent to an activating group) is 1. The van der Waals surface area contributed by atoms with E-state index in [0.717, 1.165) is 25.2 Å². The first-order valence-electron chi connectivity index (χ1n) is 7.00. The zero-order valence-electron chi connectivity index (χ0n) is 11.4. The minimum atomic E-state index is 0.134. The Bertz CT molecular complexity index is 571. The number of hydrogen-bond donors (Lipinski definition) is 1. The summed E-state index contributed by atoms with van der Waals surface area (Å²) in [6, 6.07) is 6.85. The van der Waals surface area contributed by atoms with E-state index in [2.05, 4.69) is 35.3 Å². The minimum absolute atomic E-state index is 0.134. The first kappa shape index (κ1) is 11.3. The lowest BCUT2D eigenvalue weighted by atomic mass is 9.75. The van der Waals surface area contributed by atoms with Crippen molar-refractivity contribution in [3.05, 3.63) is 23.8 Å². The Kier molecular flexibility index (Phi) is 2.09. The SMILES string of the molecule is CN1C(=O)CN2c3c1cccc3C1(C)CNCCC21. The first-order chi connectivity index (χ1) is 9.13. The molecule has 4 heteroatoms. The summed E-state index contributed by atoms with van der Waals surface area (Å²) in [4.78, 5) is 16.4. The number of piperidine rings is 1. The molecular weight excluding hydrogens is 238 g/mol. The molecule has 100 valence electrons. The second kappa shape index (κ2) is 3.51. The van der Waals surface area contributed by atoms with Crippen LogP contribution in [0.25, 0.3) is 0 Å². The number of fused-ring (bicyclic) bond motifs is 3. The van der Waals surface area contributed by atoms with Crippen LogP contribution in [0.1, 0.15) is 18.9 Å².